The minimum Gasteiger partial charge on any atom is -0.446 e. The van der Waals surface area contributed by atoms with Gasteiger partial charge in [-0.2, -0.15) is 0 Å². The van der Waals surface area contributed by atoms with Crippen molar-refractivity contribution in [2.45, 2.75) is 17.2 Å². The van der Waals surface area contributed by atoms with Crippen molar-refractivity contribution in [2.24, 2.45) is 0 Å². The summed E-state index contributed by atoms with van der Waals surface area (Å²) in [6.45, 7) is 1.46. The van der Waals surface area contributed by atoms with Gasteiger partial charge in [0, 0.05) is 18.7 Å². The number of aromatic nitrogens is 1. The molecular formula is C13H9NO3S. The van der Waals surface area contributed by atoms with Crippen molar-refractivity contribution in [2.75, 3.05) is 0 Å². The highest BCUT2D eigenvalue weighted by Crippen LogP contribution is 2.31. The molecule has 18 heavy (non-hydrogen) atoms. The quantitative estimate of drug-likeness (QED) is 0.670. The van der Waals surface area contributed by atoms with Crippen LogP contribution < -0.4 is 0 Å². The number of hydrogen-bond donors (Lipinski definition) is 0. The minimum absolute atomic E-state index is 0.0978. The maximum absolute atomic E-state index is 11.1. The van der Waals surface area contributed by atoms with Crippen LogP contribution in [0.15, 0.2) is 55.5 Å². The van der Waals surface area contributed by atoms with Gasteiger partial charge in [-0.05, 0) is 24.3 Å². The van der Waals surface area contributed by atoms with Gasteiger partial charge in [0.25, 0.3) is 5.22 Å². The van der Waals surface area contributed by atoms with Crippen LogP contribution in [0.4, 0.5) is 0 Å². The predicted molar refractivity (Wildman–Crippen MR) is 66.8 cm³/mol. The summed E-state index contributed by atoms with van der Waals surface area (Å²) in [4.78, 5) is 15.4. The van der Waals surface area contributed by atoms with E-state index in [1.54, 1.807) is 12.1 Å². The molecule has 0 aliphatic carbocycles. The van der Waals surface area contributed by atoms with Gasteiger partial charge >= 0.3 is 0 Å². The summed E-state index contributed by atoms with van der Waals surface area (Å²) in [5, 5.41) is 1.09. The average molecular weight is 259 g/mol. The van der Waals surface area contributed by atoms with Crippen molar-refractivity contribution in [3.63, 3.8) is 0 Å². The first-order chi connectivity index (χ1) is 8.72. The summed E-state index contributed by atoms with van der Waals surface area (Å²) < 4.78 is 10.9. The number of carbonyl (C=O) groups is 1. The molecule has 2 heterocycles. The van der Waals surface area contributed by atoms with Crippen LogP contribution in [0.3, 0.4) is 0 Å². The van der Waals surface area contributed by atoms with Gasteiger partial charge in [-0.3, -0.25) is 4.79 Å². The Morgan fingerprint density at radius 3 is 2.72 bits per heavy atom. The van der Waals surface area contributed by atoms with Crippen molar-refractivity contribution < 1.29 is 13.6 Å². The Kier molecular flexibility index (Phi) is 2.68. The van der Waals surface area contributed by atoms with Gasteiger partial charge in [-0.15, -0.1) is 0 Å². The van der Waals surface area contributed by atoms with Crippen LogP contribution in [-0.4, -0.2) is 10.8 Å². The van der Waals surface area contributed by atoms with Gasteiger partial charge in [-0.25, -0.2) is 4.98 Å². The maximum atomic E-state index is 11.1. The molecule has 90 valence electrons. The molecule has 0 spiro atoms. The van der Waals surface area contributed by atoms with Gasteiger partial charge < -0.3 is 8.83 Å². The van der Waals surface area contributed by atoms with E-state index >= 15 is 0 Å². The Labute approximate surface area is 107 Å². The van der Waals surface area contributed by atoms with E-state index in [-0.39, 0.29) is 5.78 Å². The zero-order valence-electron chi connectivity index (χ0n) is 9.54. The fourth-order valence-electron chi connectivity index (χ4n) is 1.54. The topological polar surface area (TPSA) is 56.2 Å². The Hall–Kier alpha value is -2.01. The summed E-state index contributed by atoms with van der Waals surface area (Å²) in [6.07, 6.45) is 0. The van der Waals surface area contributed by atoms with Crippen molar-refractivity contribution >= 4 is 28.6 Å². The SMILES string of the molecule is CC(=O)c1ccc(Sc2nc3ccccc3o2)o1. The third-order valence-corrected chi connectivity index (χ3v) is 3.16. The van der Waals surface area contributed by atoms with Gasteiger partial charge in [0.2, 0.25) is 0 Å². The smallest absolute Gasteiger partial charge is 0.264 e. The van der Waals surface area contributed by atoms with E-state index in [1.165, 1.54) is 18.7 Å². The summed E-state index contributed by atoms with van der Waals surface area (Å²) >= 11 is 1.25. The molecule has 4 nitrogen and oxygen atoms in total. The Bertz CT molecular complexity index is 681. The number of rotatable bonds is 3. The molecule has 0 fully saturated rings. The van der Waals surface area contributed by atoms with Crippen LogP contribution in [0, 0.1) is 0 Å². The molecule has 0 amide bonds. The average Bonchev–Trinajstić information content (AvgIpc) is 2.94. The van der Waals surface area contributed by atoms with Gasteiger partial charge in [0.15, 0.2) is 22.2 Å². The fourth-order valence-corrected chi connectivity index (χ4v) is 2.26. The number of oxazole rings is 1. The molecule has 0 N–H and O–H groups in total. The molecule has 3 rings (SSSR count). The second-order valence-corrected chi connectivity index (χ2v) is 4.68. The lowest BCUT2D eigenvalue weighted by Crippen LogP contribution is -1.85. The number of benzene rings is 1. The van der Waals surface area contributed by atoms with Crippen molar-refractivity contribution in [3.05, 3.63) is 42.2 Å². The molecular weight excluding hydrogens is 250 g/mol. The number of ketones is 1. The summed E-state index contributed by atoms with van der Waals surface area (Å²) in [7, 11) is 0. The number of carbonyl (C=O) groups excluding carboxylic acids is 1. The molecule has 0 saturated heterocycles. The molecule has 5 heteroatoms. The second-order valence-electron chi connectivity index (χ2n) is 3.72. The largest absolute Gasteiger partial charge is 0.446 e. The molecule has 0 unspecified atom stereocenters. The molecule has 0 aliphatic heterocycles. The lowest BCUT2D eigenvalue weighted by atomic mass is 10.3. The van der Waals surface area contributed by atoms with E-state index in [1.807, 2.05) is 24.3 Å². The minimum atomic E-state index is -0.0978. The van der Waals surface area contributed by atoms with E-state index < -0.39 is 0 Å². The highest BCUT2D eigenvalue weighted by molar-refractivity contribution is 7.99. The summed E-state index contributed by atoms with van der Waals surface area (Å²) in [6, 6.07) is 10.9. The fraction of sp³-hybridized carbons (Fsp3) is 0.0769. The Morgan fingerprint density at radius 2 is 2.00 bits per heavy atom. The first-order valence-electron chi connectivity index (χ1n) is 5.36. The van der Waals surface area contributed by atoms with Crippen molar-refractivity contribution in [1.29, 1.82) is 0 Å². The first kappa shape index (κ1) is 11.1. The number of nitrogens with zero attached hydrogens (tertiary/aromatic N) is 1. The third-order valence-electron chi connectivity index (χ3n) is 2.39. The zero-order chi connectivity index (χ0) is 12.5. The maximum Gasteiger partial charge on any atom is 0.264 e. The highest BCUT2D eigenvalue weighted by Gasteiger charge is 2.11. The molecule has 1 aromatic carbocycles. The highest BCUT2D eigenvalue weighted by atomic mass is 32.2. The van der Waals surface area contributed by atoms with Crippen LogP contribution in [0.25, 0.3) is 11.1 Å². The molecule has 0 atom stereocenters. The van der Waals surface area contributed by atoms with Crippen LogP contribution >= 0.6 is 11.8 Å². The van der Waals surface area contributed by atoms with Gasteiger partial charge in [0.05, 0.1) is 0 Å². The lowest BCUT2D eigenvalue weighted by Gasteiger charge is -1.90. The van der Waals surface area contributed by atoms with Crippen LogP contribution in [0.1, 0.15) is 17.5 Å². The van der Waals surface area contributed by atoms with E-state index in [9.17, 15) is 4.79 Å². The normalized spacial score (nSPS) is 10.9. The molecule has 0 radical (unpaired) electrons. The van der Waals surface area contributed by atoms with Crippen LogP contribution in [-0.2, 0) is 0 Å². The molecule has 0 saturated carbocycles. The second kappa shape index (κ2) is 4.34. The molecule has 0 bridgehead atoms. The first-order valence-corrected chi connectivity index (χ1v) is 6.18. The van der Waals surface area contributed by atoms with Crippen LogP contribution in [0.2, 0.25) is 0 Å². The third kappa shape index (κ3) is 2.04. The van der Waals surface area contributed by atoms with Crippen molar-refractivity contribution in [3.8, 4) is 0 Å². The van der Waals surface area contributed by atoms with E-state index in [4.69, 9.17) is 8.83 Å². The Balaban J connectivity index is 1.88. The van der Waals surface area contributed by atoms with E-state index in [0.29, 0.717) is 16.1 Å². The number of para-hydroxylation sites is 2. The van der Waals surface area contributed by atoms with Crippen molar-refractivity contribution in [1.82, 2.24) is 4.98 Å². The van der Waals surface area contributed by atoms with Gasteiger partial charge in [0.1, 0.15) is 5.52 Å². The molecule has 3 aromatic rings. The summed E-state index contributed by atoms with van der Waals surface area (Å²) in [5.74, 6) is 0.244. The lowest BCUT2D eigenvalue weighted by molar-refractivity contribution is 0.0982. The number of Topliss-reactive ketones (excluding diaryl/α,β-unsaturated/α-hetero) is 1. The monoisotopic (exact) mass is 259 g/mol. The predicted octanol–water partition coefficient (Wildman–Crippen LogP) is 3.77. The standard InChI is InChI=1S/C13H9NO3S/c1-8(15)10-6-7-12(16-10)18-13-14-9-4-2-3-5-11(9)17-13/h2-7H,1H3. The zero-order valence-corrected chi connectivity index (χ0v) is 10.4. The summed E-state index contributed by atoms with van der Waals surface area (Å²) in [5.41, 5.74) is 1.54. The van der Waals surface area contributed by atoms with E-state index in [0.717, 1.165) is 11.1 Å². The number of fused-ring (bicyclic) bond motifs is 1. The number of hydrogen-bond acceptors (Lipinski definition) is 5. The molecule has 0 aliphatic rings. The van der Waals surface area contributed by atoms with Gasteiger partial charge in [-0.1, -0.05) is 12.1 Å². The number of furan rings is 1. The Morgan fingerprint density at radius 1 is 1.17 bits per heavy atom. The van der Waals surface area contributed by atoms with E-state index in [2.05, 4.69) is 4.98 Å². The van der Waals surface area contributed by atoms with Crippen LogP contribution in [0.5, 0.6) is 0 Å². The molecule has 2 aromatic heterocycles.